The predicted molar refractivity (Wildman–Crippen MR) is 102 cm³/mol. The van der Waals surface area contributed by atoms with Gasteiger partial charge in [-0.25, -0.2) is 9.59 Å². The van der Waals surface area contributed by atoms with Crippen molar-refractivity contribution in [1.82, 2.24) is 15.2 Å². The molecule has 0 unspecified atom stereocenters. The molecule has 1 aromatic heterocycles. The molecular weight excluding hydrogens is 362 g/mol. The van der Waals surface area contributed by atoms with Gasteiger partial charge in [0.1, 0.15) is 0 Å². The Balaban J connectivity index is 1.72. The molecule has 28 heavy (non-hydrogen) atoms. The highest BCUT2D eigenvalue weighted by Gasteiger charge is 2.08. The summed E-state index contributed by atoms with van der Waals surface area (Å²) in [5, 5.41) is 13.9. The molecule has 0 bridgehead atoms. The van der Waals surface area contributed by atoms with Gasteiger partial charge >= 0.3 is 11.9 Å². The first kappa shape index (κ1) is 18.8. The molecule has 0 saturated heterocycles. The van der Waals surface area contributed by atoms with Crippen LogP contribution in [-0.2, 0) is 9.47 Å². The molecule has 0 radical (unpaired) electrons. The highest BCUT2D eigenvalue weighted by atomic mass is 16.5. The maximum Gasteiger partial charge on any atom is 0.337 e. The van der Waals surface area contributed by atoms with E-state index in [0.29, 0.717) is 28.3 Å². The highest BCUT2D eigenvalue weighted by molar-refractivity contribution is 5.90. The van der Waals surface area contributed by atoms with Crippen LogP contribution >= 0.6 is 0 Å². The fraction of sp³-hybridized carbons (Fsp3) is 0.105. The molecule has 2 N–H and O–H groups in total. The molecule has 3 aromatic rings. The minimum absolute atomic E-state index is 0.264. The predicted octanol–water partition coefficient (Wildman–Crippen LogP) is 2.93. The maximum atomic E-state index is 11.6. The molecule has 2 aromatic carbocycles. The number of carbonyl (C=O) groups is 2. The zero-order valence-electron chi connectivity index (χ0n) is 15.2. The Labute approximate surface area is 160 Å². The number of rotatable bonds is 6. The second-order valence-corrected chi connectivity index (χ2v) is 5.56. The minimum atomic E-state index is -0.429. The standard InChI is InChI=1S/C19H17N5O4/c1-27-17(25)12-6-8-14(9-7-12)22-19-23-16(11-20-24-19)21-15-5-3-4-13(10-15)18(26)28-2/h3-11H,1-2H3,(H2,21,22,23,24). The van der Waals surface area contributed by atoms with Crippen molar-refractivity contribution in [3.63, 3.8) is 0 Å². The monoisotopic (exact) mass is 379 g/mol. The van der Waals surface area contributed by atoms with Gasteiger partial charge in [0.15, 0.2) is 5.82 Å². The summed E-state index contributed by atoms with van der Waals surface area (Å²) in [6, 6.07) is 13.5. The third-order valence-electron chi connectivity index (χ3n) is 3.68. The Morgan fingerprint density at radius 2 is 1.57 bits per heavy atom. The van der Waals surface area contributed by atoms with Gasteiger partial charge in [-0.1, -0.05) is 6.07 Å². The summed E-state index contributed by atoms with van der Waals surface area (Å²) in [5.41, 5.74) is 2.18. The third kappa shape index (κ3) is 4.58. The van der Waals surface area contributed by atoms with Crippen LogP contribution in [0.2, 0.25) is 0 Å². The molecular formula is C19H17N5O4. The molecule has 142 valence electrons. The lowest BCUT2D eigenvalue weighted by atomic mass is 10.2. The second-order valence-electron chi connectivity index (χ2n) is 5.56. The number of benzene rings is 2. The summed E-state index contributed by atoms with van der Waals surface area (Å²) in [6.45, 7) is 0. The van der Waals surface area contributed by atoms with Gasteiger partial charge in [0, 0.05) is 11.4 Å². The molecule has 0 aliphatic heterocycles. The summed E-state index contributed by atoms with van der Waals surface area (Å²) in [4.78, 5) is 27.4. The van der Waals surface area contributed by atoms with E-state index in [2.05, 4.69) is 30.6 Å². The molecule has 0 aliphatic carbocycles. The van der Waals surface area contributed by atoms with E-state index in [4.69, 9.17) is 4.74 Å². The lowest BCUT2D eigenvalue weighted by Crippen LogP contribution is -2.04. The van der Waals surface area contributed by atoms with Crippen LogP contribution in [0.4, 0.5) is 23.1 Å². The van der Waals surface area contributed by atoms with Gasteiger partial charge in [0.05, 0.1) is 31.5 Å². The van der Waals surface area contributed by atoms with Crippen LogP contribution in [0.25, 0.3) is 0 Å². The van der Waals surface area contributed by atoms with Crippen molar-refractivity contribution in [2.75, 3.05) is 24.9 Å². The van der Waals surface area contributed by atoms with Crippen LogP contribution in [0.5, 0.6) is 0 Å². The van der Waals surface area contributed by atoms with Gasteiger partial charge in [-0.2, -0.15) is 10.1 Å². The van der Waals surface area contributed by atoms with Gasteiger partial charge in [0.2, 0.25) is 5.95 Å². The van der Waals surface area contributed by atoms with Crippen molar-refractivity contribution < 1.29 is 19.1 Å². The molecule has 1 heterocycles. The molecule has 3 rings (SSSR count). The quantitative estimate of drug-likeness (QED) is 0.624. The highest BCUT2D eigenvalue weighted by Crippen LogP contribution is 2.18. The summed E-state index contributed by atoms with van der Waals surface area (Å²) >= 11 is 0. The maximum absolute atomic E-state index is 11.6. The zero-order chi connectivity index (χ0) is 19.9. The van der Waals surface area contributed by atoms with Crippen LogP contribution in [0.1, 0.15) is 20.7 Å². The molecule has 0 atom stereocenters. The average Bonchev–Trinajstić information content (AvgIpc) is 2.73. The molecule has 0 spiro atoms. The number of anilines is 4. The van der Waals surface area contributed by atoms with E-state index >= 15 is 0 Å². The van der Waals surface area contributed by atoms with Crippen molar-refractivity contribution in [1.29, 1.82) is 0 Å². The lowest BCUT2D eigenvalue weighted by molar-refractivity contribution is 0.0592. The van der Waals surface area contributed by atoms with E-state index in [1.54, 1.807) is 48.5 Å². The Hall–Kier alpha value is -4.01. The number of hydrogen-bond donors (Lipinski definition) is 2. The summed E-state index contributed by atoms with van der Waals surface area (Å²) in [6.07, 6.45) is 1.45. The van der Waals surface area contributed by atoms with Crippen LogP contribution in [0.15, 0.2) is 54.7 Å². The average molecular weight is 379 g/mol. The van der Waals surface area contributed by atoms with E-state index in [9.17, 15) is 9.59 Å². The molecule has 9 nitrogen and oxygen atoms in total. The topological polar surface area (TPSA) is 115 Å². The van der Waals surface area contributed by atoms with Crippen LogP contribution in [0, 0.1) is 0 Å². The fourth-order valence-corrected chi connectivity index (χ4v) is 2.34. The number of aromatic nitrogens is 3. The van der Waals surface area contributed by atoms with E-state index in [-0.39, 0.29) is 5.95 Å². The summed E-state index contributed by atoms with van der Waals surface area (Å²) in [5.74, 6) is -0.141. The molecule has 9 heteroatoms. The number of nitrogens with zero attached hydrogens (tertiary/aromatic N) is 3. The smallest absolute Gasteiger partial charge is 0.337 e. The van der Waals surface area contributed by atoms with Gasteiger partial charge in [-0.3, -0.25) is 0 Å². The van der Waals surface area contributed by atoms with Crippen LogP contribution in [0.3, 0.4) is 0 Å². The van der Waals surface area contributed by atoms with Gasteiger partial charge in [-0.05, 0) is 42.5 Å². The van der Waals surface area contributed by atoms with E-state index < -0.39 is 11.9 Å². The van der Waals surface area contributed by atoms with Crippen molar-refractivity contribution in [3.8, 4) is 0 Å². The Morgan fingerprint density at radius 3 is 2.29 bits per heavy atom. The summed E-state index contributed by atoms with van der Waals surface area (Å²) < 4.78 is 9.38. The Kier molecular flexibility index (Phi) is 5.75. The second kappa shape index (κ2) is 8.58. The first-order chi connectivity index (χ1) is 13.6. The van der Waals surface area contributed by atoms with Gasteiger partial charge < -0.3 is 20.1 Å². The molecule has 0 amide bonds. The largest absolute Gasteiger partial charge is 0.465 e. The van der Waals surface area contributed by atoms with Crippen molar-refractivity contribution >= 4 is 35.1 Å². The number of esters is 2. The van der Waals surface area contributed by atoms with E-state index in [0.717, 1.165) is 0 Å². The number of ether oxygens (including phenoxy) is 2. The Bertz CT molecular complexity index is 992. The summed E-state index contributed by atoms with van der Waals surface area (Å²) in [7, 11) is 2.65. The van der Waals surface area contributed by atoms with E-state index in [1.807, 2.05) is 0 Å². The van der Waals surface area contributed by atoms with Crippen molar-refractivity contribution in [2.45, 2.75) is 0 Å². The van der Waals surface area contributed by atoms with Crippen molar-refractivity contribution in [3.05, 3.63) is 65.9 Å². The van der Waals surface area contributed by atoms with Gasteiger partial charge in [0.25, 0.3) is 0 Å². The lowest BCUT2D eigenvalue weighted by Gasteiger charge is -2.09. The zero-order valence-corrected chi connectivity index (χ0v) is 15.2. The number of hydrogen-bond acceptors (Lipinski definition) is 9. The number of nitrogens with one attached hydrogen (secondary N) is 2. The van der Waals surface area contributed by atoms with Crippen LogP contribution < -0.4 is 10.6 Å². The molecule has 0 saturated carbocycles. The number of methoxy groups -OCH3 is 2. The normalized spacial score (nSPS) is 10.1. The first-order valence-corrected chi connectivity index (χ1v) is 8.19. The Morgan fingerprint density at radius 1 is 0.857 bits per heavy atom. The SMILES string of the molecule is COC(=O)c1ccc(Nc2nncc(Nc3cccc(C(=O)OC)c3)n2)cc1. The minimum Gasteiger partial charge on any atom is -0.465 e. The van der Waals surface area contributed by atoms with Gasteiger partial charge in [-0.15, -0.1) is 5.10 Å². The number of carbonyl (C=O) groups excluding carboxylic acids is 2. The fourth-order valence-electron chi connectivity index (χ4n) is 2.34. The molecule has 0 fully saturated rings. The van der Waals surface area contributed by atoms with E-state index in [1.165, 1.54) is 20.4 Å². The third-order valence-corrected chi connectivity index (χ3v) is 3.68. The first-order valence-electron chi connectivity index (χ1n) is 8.19. The molecule has 0 aliphatic rings. The van der Waals surface area contributed by atoms with Crippen LogP contribution in [-0.4, -0.2) is 41.3 Å². The van der Waals surface area contributed by atoms with Crippen molar-refractivity contribution in [2.24, 2.45) is 0 Å².